The first-order valence-electron chi connectivity index (χ1n) is 10.1. The van der Waals surface area contributed by atoms with Gasteiger partial charge in [0.1, 0.15) is 5.75 Å². The minimum atomic E-state index is -3.74. The molecule has 3 amide bonds. The quantitative estimate of drug-likeness (QED) is 0.596. The fraction of sp³-hybridized carbons (Fsp3) is 0.381. The number of amides is 3. The molecular formula is C21H26N4O6S2. The topological polar surface area (TPSA) is 116 Å². The summed E-state index contributed by atoms with van der Waals surface area (Å²) in [6, 6.07) is 7.82. The van der Waals surface area contributed by atoms with Crippen LogP contribution in [0, 0.1) is 0 Å². The van der Waals surface area contributed by atoms with Gasteiger partial charge in [-0.05, 0) is 29.6 Å². The van der Waals surface area contributed by atoms with Gasteiger partial charge in [-0.3, -0.25) is 14.4 Å². The van der Waals surface area contributed by atoms with Crippen molar-refractivity contribution in [2.24, 2.45) is 0 Å². The predicted octanol–water partition coefficient (Wildman–Crippen LogP) is 0.859. The van der Waals surface area contributed by atoms with Gasteiger partial charge in [-0.1, -0.05) is 6.07 Å². The van der Waals surface area contributed by atoms with Crippen molar-refractivity contribution in [3.05, 3.63) is 40.6 Å². The molecule has 2 heterocycles. The average Bonchev–Trinajstić information content (AvgIpc) is 3.31. The lowest BCUT2D eigenvalue weighted by Gasteiger charge is -2.34. The van der Waals surface area contributed by atoms with E-state index in [-0.39, 0.29) is 35.3 Å². The van der Waals surface area contributed by atoms with Gasteiger partial charge >= 0.3 is 11.8 Å². The van der Waals surface area contributed by atoms with Gasteiger partial charge in [0.2, 0.25) is 15.9 Å². The molecule has 12 heteroatoms. The number of rotatable bonds is 6. The first kappa shape index (κ1) is 24.7. The standard InChI is InChI=1S/C21H26N4O6S2/c1-23(2)33(29,30)16-6-7-18(31-3)17(14-16)22-20(27)21(28)25-10-8-24(9-11-25)19(26)13-15-5-4-12-32-15/h4-7,12,14H,8-11,13H2,1-3H3,(H,22,27). The van der Waals surface area contributed by atoms with Crippen LogP contribution in [-0.4, -0.2) is 87.6 Å². The third-order valence-corrected chi connectivity index (χ3v) is 7.90. The molecule has 3 rings (SSSR count). The van der Waals surface area contributed by atoms with Crippen molar-refractivity contribution in [3.8, 4) is 5.75 Å². The van der Waals surface area contributed by atoms with Gasteiger partial charge in [0.15, 0.2) is 0 Å². The largest absolute Gasteiger partial charge is 0.495 e. The first-order valence-corrected chi connectivity index (χ1v) is 12.5. The molecule has 0 atom stereocenters. The second-order valence-corrected chi connectivity index (χ2v) is 10.7. The fourth-order valence-electron chi connectivity index (χ4n) is 3.31. The van der Waals surface area contributed by atoms with Gasteiger partial charge in [0, 0.05) is 45.2 Å². The van der Waals surface area contributed by atoms with Crippen LogP contribution in [-0.2, 0) is 30.8 Å². The van der Waals surface area contributed by atoms with Gasteiger partial charge < -0.3 is 19.9 Å². The van der Waals surface area contributed by atoms with Crippen LogP contribution in [0.4, 0.5) is 5.69 Å². The van der Waals surface area contributed by atoms with Gasteiger partial charge in [-0.15, -0.1) is 11.3 Å². The predicted molar refractivity (Wildman–Crippen MR) is 124 cm³/mol. The average molecular weight is 495 g/mol. The summed E-state index contributed by atoms with van der Waals surface area (Å²) >= 11 is 1.52. The molecule has 1 aromatic carbocycles. The molecule has 1 saturated heterocycles. The number of sulfonamides is 1. The van der Waals surface area contributed by atoms with Crippen LogP contribution in [0.15, 0.2) is 40.6 Å². The molecule has 33 heavy (non-hydrogen) atoms. The Labute approximate surface area is 196 Å². The number of carbonyl (C=O) groups excluding carboxylic acids is 3. The van der Waals surface area contributed by atoms with E-state index >= 15 is 0 Å². The maximum atomic E-state index is 12.7. The number of ether oxygens (including phenoxy) is 1. The Morgan fingerprint density at radius 1 is 1.09 bits per heavy atom. The summed E-state index contributed by atoms with van der Waals surface area (Å²) in [4.78, 5) is 41.7. The third-order valence-electron chi connectivity index (χ3n) is 5.22. The summed E-state index contributed by atoms with van der Waals surface area (Å²) in [5, 5.41) is 4.37. The molecule has 0 bridgehead atoms. The molecule has 1 aliphatic rings. The Kier molecular flexibility index (Phi) is 7.72. The SMILES string of the molecule is COc1ccc(S(=O)(=O)N(C)C)cc1NC(=O)C(=O)N1CCN(C(=O)Cc2cccs2)CC1. The maximum absolute atomic E-state index is 12.7. The highest BCUT2D eigenvalue weighted by Crippen LogP contribution is 2.28. The summed E-state index contributed by atoms with van der Waals surface area (Å²) in [5.74, 6) is -1.47. The number of methoxy groups -OCH3 is 1. The van der Waals surface area contributed by atoms with E-state index in [0.29, 0.717) is 19.5 Å². The van der Waals surface area contributed by atoms with Crippen LogP contribution < -0.4 is 10.1 Å². The Morgan fingerprint density at radius 3 is 2.33 bits per heavy atom. The van der Waals surface area contributed by atoms with Crippen LogP contribution >= 0.6 is 11.3 Å². The molecule has 0 radical (unpaired) electrons. The molecule has 0 aliphatic carbocycles. The van der Waals surface area contributed by atoms with E-state index in [1.165, 1.54) is 55.6 Å². The van der Waals surface area contributed by atoms with Crippen molar-refractivity contribution >= 4 is 44.8 Å². The second-order valence-electron chi connectivity index (χ2n) is 7.53. The summed E-state index contributed by atoms with van der Waals surface area (Å²) < 4.78 is 31.0. The number of nitrogens with one attached hydrogen (secondary N) is 1. The van der Waals surface area contributed by atoms with Crippen molar-refractivity contribution in [2.75, 3.05) is 52.7 Å². The van der Waals surface area contributed by atoms with Gasteiger partial charge in [-0.25, -0.2) is 12.7 Å². The van der Waals surface area contributed by atoms with Gasteiger partial charge in [0.05, 0.1) is 24.1 Å². The van der Waals surface area contributed by atoms with Crippen LogP contribution in [0.3, 0.4) is 0 Å². The lowest BCUT2D eigenvalue weighted by atomic mass is 10.2. The Hall–Kier alpha value is -2.96. The van der Waals surface area contributed by atoms with Crippen molar-refractivity contribution in [2.45, 2.75) is 11.3 Å². The summed E-state index contributed by atoms with van der Waals surface area (Å²) in [6.07, 6.45) is 0.318. The summed E-state index contributed by atoms with van der Waals surface area (Å²) in [6.45, 7) is 1.13. The molecule has 1 aromatic heterocycles. The molecule has 0 unspecified atom stereocenters. The monoisotopic (exact) mass is 494 g/mol. The number of hydrogen-bond donors (Lipinski definition) is 1. The van der Waals surface area contributed by atoms with E-state index in [4.69, 9.17) is 4.74 Å². The zero-order valence-corrected chi connectivity index (χ0v) is 20.2. The molecule has 0 spiro atoms. The molecule has 178 valence electrons. The zero-order valence-electron chi connectivity index (χ0n) is 18.6. The molecule has 0 saturated carbocycles. The van der Waals surface area contributed by atoms with Gasteiger partial charge in [0.25, 0.3) is 0 Å². The highest BCUT2D eigenvalue weighted by atomic mass is 32.2. The number of hydrogen-bond acceptors (Lipinski definition) is 7. The highest BCUT2D eigenvalue weighted by Gasteiger charge is 2.29. The van der Waals surface area contributed by atoms with Crippen molar-refractivity contribution in [3.63, 3.8) is 0 Å². The van der Waals surface area contributed by atoms with E-state index in [1.54, 1.807) is 4.90 Å². The number of thiophene rings is 1. The number of piperazine rings is 1. The van der Waals surface area contributed by atoms with Crippen molar-refractivity contribution in [1.29, 1.82) is 0 Å². The number of benzene rings is 1. The van der Waals surface area contributed by atoms with E-state index < -0.39 is 21.8 Å². The van der Waals surface area contributed by atoms with Crippen LogP contribution in [0.25, 0.3) is 0 Å². The second kappa shape index (κ2) is 10.3. The molecule has 1 fully saturated rings. The Bertz CT molecular complexity index is 1120. The smallest absolute Gasteiger partial charge is 0.314 e. The van der Waals surface area contributed by atoms with Crippen LogP contribution in [0.2, 0.25) is 0 Å². The molecule has 1 N–H and O–H groups in total. The van der Waals surface area contributed by atoms with Crippen molar-refractivity contribution < 1.29 is 27.5 Å². The van der Waals surface area contributed by atoms with E-state index in [0.717, 1.165) is 9.18 Å². The highest BCUT2D eigenvalue weighted by molar-refractivity contribution is 7.89. The number of anilines is 1. The van der Waals surface area contributed by atoms with Crippen LogP contribution in [0.5, 0.6) is 5.75 Å². The minimum absolute atomic E-state index is 0.0161. The Morgan fingerprint density at radius 2 is 1.76 bits per heavy atom. The molecule has 10 nitrogen and oxygen atoms in total. The maximum Gasteiger partial charge on any atom is 0.314 e. The van der Waals surface area contributed by atoms with E-state index in [1.807, 2.05) is 17.5 Å². The summed E-state index contributed by atoms with van der Waals surface area (Å²) in [7, 11) is 0.425. The minimum Gasteiger partial charge on any atom is -0.495 e. The van der Waals surface area contributed by atoms with Crippen LogP contribution in [0.1, 0.15) is 4.88 Å². The Balaban J connectivity index is 1.63. The third kappa shape index (κ3) is 5.70. The molecule has 1 aliphatic heterocycles. The van der Waals surface area contributed by atoms with E-state index in [9.17, 15) is 22.8 Å². The number of carbonyl (C=O) groups is 3. The lowest BCUT2D eigenvalue weighted by Crippen LogP contribution is -2.53. The zero-order chi connectivity index (χ0) is 24.2. The fourth-order valence-corrected chi connectivity index (χ4v) is 4.93. The lowest BCUT2D eigenvalue weighted by molar-refractivity contribution is -0.146. The molecule has 2 aromatic rings. The normalized spacial score (nSPS) is 14.3. The number of nitrogens with zero attached hydrogens (tertiary/aromatic N) is 3. The van der Waals surface area contributed by atoms with Gasteiger partial charge in [-0.2, -0.15) is 0 Å². The first-order chi connectivity index (χ1) is 15.6. The van der Waals surface area contributed by atoms with E-state index in [2.05, 4.69) is 5.32 Å². The summed E-state index contributed by atoms with van der Waals surface area (Å²) in [5.41, 5.74) is 0.0727. The molecular weight excluding hydrogens is 468 g/mol. The van der Waals surface area contributed by atoms with Crippen molar-refractivity contribution in [1.82, 2.24) is 14.1 Å².